The second-order valence-corrected chi connectivity index (χ2v) is 25.4. The average molecular weight is 1130 g/mol. The van der Waals surface area contributed by atoms with Crippen molar-refractivity contribution in [3.63, 3.8) is 0 Å². The first-order chi connectivity index (χ1) is 43.9. The highest BCUT2D eigenvalue weighted by Crippen LogP contribution is 2.52. The predicted octanol–water partition coefficient (Wildman–Crippen LogP) is 21.7. The Labute approximate surface area is 515 Å². The highest BCUT2D eigenvalue weighted by atomic mass is 15.0. The van der Waals surface area contributed by atoms with Gasteiger partial charge in [0.1, 0.15) is 0 Å². The number of rotatable bonds is 6. The summed E-state index contributed by atoms with van der Waals surface area (Å²) < 4.78 is 5.01. The van der Waals surface area contributed by atoms with Gasteiger partial charge in [-0.1, -0.05) is 263 Å². The number of hydrogen-bond donors (Lipinski definition) is 0. The quantitative estimate of drug-likeness (QED) is 0.147. The van der Waals surface area contributed by atoms with Crippen LogP contribution in [0.3, 0.4) is 0 Å². The molecule has 1 unspecified atom stereocenters. The minimum absolute atomic E-state index is 0.220. The van der Waals surface area contributed by atoms with E-state index in [1.54, 1.807) is 0 Å². The third-order valence-electron chi connectivity index (χ3n) is 20.4. The largest absolute Gasteiger partial charge is 0.309 e. The van der Waals surface area contributed by atoms with Crippen molar-refractivity contribution in [3.8, 4) is 55.9 Å². The Morgan fingerprint density at radius 2 is 0.708 bits per heavy atom. The van der Waals surface area contributed by atoms with E-state index >= 15 is 0 Å². The lowest BCUT2D eigenvalue weighted by atomic mass is 9.80. The van der Waals surface area contributed by atoms with E-state index in [0.29, 0.717) is 0 Å². The first-order valence-electron chi connectivity index (χ1n) is 31.4. The number of fused-ring (bicyclic) bond motifs is 17. The van der Waals surface area contributed by atoms with Gasteiger partial charge in [0.05, 0.1) is 27.9 Å². The lowest BCUT2D eigenvalue weighted by Gasteiger charge is -2.23. The van der Waals surface area contributed by atoms with Crippen LogP contribution in [0.25, 0.3) is 165 Å². The average Bonchev–Trinajstić information content (AvgIpc) is 1.84. The van der Waals surface area contributed by atoms with Crippen LogP contribution in [0.5, 0.6) is 0 Å². The highest BCUT2D eigenvalue weighted by Gasteiger charge is 2.36. The van der Waals surface area contributed by atoms with Crippen LogP contribution in [0.1, 0.15) is 42.9 Å². The van der Waals surface area contributed by atoms with Crippen molar-refractivity contribution in [3.05, 3.63) is 312 Å². The van der Waals surface area contributed by atoms with E-state index in [1.807, 2.05) is 0 Å². The maximum atomic E-state index is 2.56. The molecule has 2 aliphatic carbocycles. The zero-order chi connectivity index (χ0) is 58.6. The molecule has 0 amide bonds. The van der Waals surface area contributed by atoms with Gasteiger partial charge in [-0.2, -0.15) is 0 Å². The van der Waals surface area contributed by atoms with Gasteiger partial charge in [0.2, 0.25) is 0 Å². The fourth-order valence-corrected chi connectivity index (χ4v) is 16.3. The van der Waals surface area contributed by atoms with Crippen LogP contribution in [0, 0.1) is 0 Å². The molecule has 17 aromatic rings. The van der Waals surface area contributed by atoms with Gasteiger partial charge in [0, 0.05) is 48.8 Å². The zero-order valence-electron chi connectivity index (χ0n) is 49.5. The molecule has 0 N–H and O–H groups in total. The van der Waals surface area contributed by atoms with E-state index in [2.05, 4.69) is 320 Å². The molecule has 0 bridgehead atoms. The molecule has 15 aromatic carbocycles. The molecule has 1 atom stereocenters. The monoisotopic (exact) mass is 1130 g/mol. The first kappa shape index (κ1) is 50.1. The second kappa shape index (κ2) is 19.0. The second-order valence-electron chi connectivity index (χ2n) is 25.4. The molecule has 2 aliphatic rings. The van der Waals surface area contributed by atoms with Crippen molar-refractivity contribution in [2.24, 2.45) is 0 Å². The Hall–Kier alpha value is -11.1. The predicted molar refractivity (Wildman–Crippen MR) is 379 cm³/mol. The highest BCUT2D eigenvalue weighted by molar-refractivity contribution is 6.17. The maximum absolute atomic E-state index is 2.56. The summed E-state index contributed by atoms with van der Waals surface area (Å²) in [6.45, 7) is 4.85. The molecule has 0 fully saturated rings. The lowest BCUT2D eigenvalue weighted by Crippen LogP contribution is -2.32. The van der Waals surface area contributed by atoms with Gasteiger partial charge >= 0.3 is 0 Å². The molecular weight excluding hydrogens is 1070 g/mol. The molecule has 2 nitrogen and oxygen atoms in total. The van der Waals surface area contributed by atoms with E-state index in [0.717, 1.165) is 6.42 Å². The number of benzene rings is 15. The number of hydrogen-bond acceptors (Lipinski definition) is 0. The van der Waals surface area contributed by atoms with Crippen molar-refractivity contribution >= 4 is 109 Å². The molecule has 0 aliphatic heterocycles. The van der Waals surface area contributed by atoms with Crippen LogP contribution in [0.15, 0.2) is 285 Å². The molecule has 2 aromatic heterocycles. The summed E-state index contributed by atoms with van der Waals surface area (Å²) in [6.07, 6.45) is 5.99. The van der Waals surface area contributed by atoms with Crippen LogP contribution in [0.4, 0.5) is 0 Å². The fraction of sp³-hybridized carbons (Fsp3) is 0.0575. The van der Waals surface area contributed by atoms with Gasteiger partial charge in [-0.05, 0) is 170 Å². The van der Waals surface area contributed by atoms with Gasteiger partial charge < -0.3 is 9.13 Å². The summed E-state index contributed by atoms with van der Waals surface area (Å²) in [6, 6.07) is 107. The summed E-state index contributed by atoms with van der Waals surface area (Å²) in [5.41, 5.74) is 20.1. The van der Waals surface area contributed by atoms with Crippen LogP contribution >= 0.6 is 0 Å². The zero-order valence-corrected chi connectivity index (χ0v) is 49.5. The minimum Gasteiger partial charge on any atom is -0.309 e. The molecule has 2 heteroatoms. The Morgan fingerprint density at radius 3 is 1.29 bits per heavy atom. The van der Waals surface area contributed by atoms with Gasteiger partial charge in [-0.3, -0.25) is 0 Å². The summed E-state index contributed by atoms with van der Waals surface area (Å²) in [5.74, 6) is 0.220. The van der Waals surface area contributed by atoms with Crippen LogP contribution in [-0.4, -0.2) is 9.13 Å². The van der Waals surface area contributed by atoms with E-state index in [1.165, 1.54) is 180 Å². The molecule has 0 spiro atoms. The van der Waals surface area contributed by atoms with Crippen molar-refractivity contribution in [2.75, 3.05) is 0 Å². The van der Waals surface area contributed by atoms with E-state index < -0.39 is 0 Å². The van der Waals surface area contributed by atoms with Crippen LogP contribution in [-0.2, 0) is 5.41 Å². The van der Waals surface area contributed by atoms with E-state index in [9.17, 15) is 0 Å². The van der Waals surface area contributed by atoms with Crippen LogP contribution in [0.2, 0.25) is 0 Å². The fourth-order valence-electron chi connectivity index (χ4n) is 16.3. The maximum Gasteiger partial charge on any atom is 0.0546 e. The van der Waals surface area contributed by atoms with Crippen LogP contribution < -0.4 is 10.6 Å². The van der Waals surface area contributed by atoms with Gasteiger partial charge in [0.15, 0.2) is 0 Å². The standard InChI is InChI=1S/C87H58N2/c1-87(2)79-49-57(63-43-41-61(65-23-7-9-25-67(63)65)55-37-45-83-77(47-55)75-31-15-17-33-81(75)88(83)85-51-53-19-3-5-21-59(53)69-27-11-13-29-73(69)85)35-39-71(79)72-40-36-58(50-80(72)87)64-44-42-62(66-24-8-10-26-68(64)66)56-38-46-84-78(48-56)76-32-16-18-34-82(76)89(84)86-52-54-20-4-6-22-60(54)70-28-12-14-30-74(70)86/h3-37,39-52,56H,38H2,1-2H3. The van der Waals surface area contributed by atoms with Crippen molar-refractivity contribution in [1.29, 1.82) is 0 Å². The third-order valence-corrected chi connectivity index (χ3v) is 20.4. The molecule has 2 heterocycles. The van der Waals surface area contributed by atoms with Gasteiger partial charge in [-0.15, -0.1) is 0 Å². The number of aromatic nitrogens is 2. The molecule has 0 radical (unpaired) electrons. The van der Waals surface area contributed by atoms with E-state index in [-0.39, 0.29) is 11.3 Å². The summed E-state index contributed by atoms with van der Waals surface area (Å²) in [5, 5.41) is 21.6. The summed E-state index contributed by atoms with van der Waals surface area (Å²) in [4.78, 5) is 0. The van der Waals surface area contributed by atoms with Crippen molar-refractivity contribution in [1.82, 2.24) is 9.13 Å². The summed E-state index contributed by atoms with van der Waals surface area (Å²) >= 11 is 0. The van der Waals surface area contributed by atoms with Crippen molar-refractivity contribution < 1.29 is 0 Å². The molecular formula is C87H58N2. The smallest absolute Gasteiger partial charge is 0.0546 e. The van der Waals surface area contributed by atoms with Gasteiger partial charge in [-0.25, -0.2) is 0 Å². The lowest BCUT2D eigenvalue weighted by molar-refractivity contribution is 0.661. The molecule has 0 saturated carbocycles. The third kappa shape index (κ3) is 7.32. The number of nitrogens with zero attached hydrogens (tertiary/aromatic N) is 2. The number of para-hydroxylation sites is 2. The summed E-state index contributed by atoms with van der Waals surface area (Å²) in [7, 11) is 0. The molecule has 416 valence electrons. The Morgan fingerprint density at radius 1 is 0.303 bits per heavy atom. The van der Waals surface area contributed by atoms with E-state index in [4.69, 9.17) is 0 Å². The SMILES string of the molecule is CC1(C)c2cc(-c3ccc(-c4ccc5c(c4)c4ccccc4n5-c4cc5ccccc5c5ccccc45)c4ccccc34)ccc2-c2ccc(-c3ccc(C4C=c5c(n(-c6cc7ccccc7c7ccccc67)c6ccccc56)=CC4)c4ccccc34)cc21. The Balaban J connectivity index is 0.666. The molecule has 19 rings (SSSR count). The normalized spacial score (nSPS) is 14.3. The van der Waals surface area contributed by atoms with Gasteiger partial charge in [0.25, 0.3) is 0 Å². The van der Waals surface area contributed by atoms with Crippen molar-refractivity contribution in [2.45, 2.75) is 31.6 Å². The Bertz CT molecular complexity index is 6060. The topological polar surface area (TPSA) is 9.86 Å². The first-order valence-corrected chi connectivity index (χ1v) is 31.4. The molecule has 0 saturated heterocycles. The Kier molecular flexibility index (Phi) is 10.7. The molecule has 89 heavy (non-hydrogen) atoms. The minimum atomic E-state index is -0.223.